The lowest BCUT2D eigenvalue weighted by Gasteiger charge is -2.09. The van der Waals surface area contributed by atoms with Crippen molar-refractivity contribution in [1.29, 1.82) is 0 Å². The van der Waals surface area contributed by atoms with E-state index in [0.717, 1.165) is 16.7 Å². The monoisotopic (exact) mass is 395 g/mol. The molecule has 2 aromatic carbocycles. The fourth-order valence-corrected chi connectivity index (χ4v) is 2.93. The first-order valence-electron chi connectivity index (χ1n) is 9.09. The lowest BCUT2D eigenvalue weighted by atomic mass is 10.0. The highest BCUT2D eigenvalue weighted by atomic mass is 35.5. The van der Waals surface area contributed by atoms with Gasteiger partial charge in [0.2, 0.25) is 5.91 Å². The average Bonchev–Trinajstić information content (AvgIpc) is 2.67. The van der Waals surface area contributed by atoms with Gasteiger partial charge in [-0.3, -0.25) is 9.59 Å². The van der Waals surface area contributed by atoms with E-state index < -0.39 is 0 Å². The van der Waals surface area contributed by atoms with Gasteiger partial charge in [0.05, 0.1) is 5.69 Å². The number of aryl methyl sites for hydroxylation is 2. The molecule has 0 aliphatic heterocycles. The van der Waals surface area contributed by atoms with Gasteiger partial charge in [-0.1, -0.05) is 35.9 Å². The first kappa shape index (κ1) is 19.8. The number of carbonyl (C=O) groups is 1. The topological polar surface area (TPSA) is 64.0 Å². The zero-order valence-corrected chi connectivity index (χ0v) is 16.7. The Balaban J connectivity index is 1.64. The molecule has 1 N–H and O–H groups in total. The molecular weight excluding hydrogens is 374 g/mol. The van der Waals surface area contributed by atoms with E-state index in [4.69, 9.17) is 11.6 Å². The summed E-state index contributed by atoms with van der Waals surface area (Å²) in [7, 11) is 0. The van der Waals surface area contributed by atoms with Gasteiger partial charge >= 0.3 is 0 Å². The summed E-state index contributed by atoms with van der Waals surface area (Å²) in [5.41, 5.74) is 4.70. The summed E-state index contributed by atoms with van der Waals surface area (Å²) in [6, 6.07) is 16.6. The van der Waals surface area contributed by atoms with Crippen LogP contribution in [-0.4, -0.2) is 22.2 Å². The van der Waals surface area contributed by atoms with E-state index >= 15 is 0 Å². The standard InChI is InChI=1S/C22H22ClN3O2/c1-15-3-6-18(13-16(15)2)20-9-10-22(28)26(25-20)14-21(27)24-12-11-17-4-7-19(23)8-5-17/h3-10,13H,11-12,14H2,1-2H3,(H,24,27). The summed E-state index contributed by atoms with van der Waals surface area (Å²) >= 11 is 5.87. The smallest absolute Gasteiger partial charge is 0.267 e. The molecule has 0 fully saturated rings. The van der Waals surface area contributed by atoms with E-state index in [-0.39, 0.29) is 18.0 Å². The van der Waals surface area contributed by atoms with Gasteiger partial charge in [-0.2, -0.15) is 5.10 Å². The molecule has 1 heterocycles. The van der Waals surface area contributed by atoms with Crippen molar-refractivity contribution in [3.05, 3.63) is 86.7 Å². The maximum Gasteiger partial charge on any atom is 0.267 e. The molecule has 0 saturated heterocycles. The van der Waals surface area contributed by atoms with Crippen LogP contribution in [-0.2, 0) is 17.8 Å². The average molecular weight is 396 g/mol. The molecule has 28 heavy (non-hydrogen) atoms. The molecule has 0 aliphatic carbocycles. The number of rotatable bonds is 6. The van der Waals surface area contributed by atoms with Crippen molar-refractivity contribution < 1.29 is 4.79 Å². The summed E-state index contributed by atoms with van der Waals surface area (Å²) < 4.78 is 1.20. The molecule has 0 unspecified atom stereocenters. The fourth-order valence-electron chi connectivity index (χ4n) is 2.81. The SMILES string of the molecule is Cc1ccc(-c2ccc(=O)n(CC(=O)NCCc3ccc(Cl)cc3)n2)cc1C. The van der Waals surface area contributed by atoms with E-state index in [1.165, 1.54) is 16.3 Å². The second kappa shape index (κ2) is 8.85. The van der Waals surface area contributed by atoms with Gasteiger partial charge in [-0.05, 0) is 61.2 Å². The maximum atomic E-state index is 12.2. The highest BCUT2D eigenvalue weighted by molar-refractivity contribution is 6.30. The van der Waals surface area contributed by atoms with E-state index in [2.05, 4.69) is 10.4 Å². The molecule has 1 aromatic heterocycles. The van der Waals surface area contributed by atoms with Crippen molar-refractivity contribution in [3.8, 4) is 11.3 Å². The van der Waals surface area contributed by atoms with E-state index in [1.54, 1.807) is 6.07 Å². The molecule has 0 atom stereocenters. The Morgan fingerprint density at radius 2 is 1.79 bits per heavy atom. The van der Waals surface area contributed by atoms with Gasteiger partial charge in [0, 0.05) is 23.2 Å². The van der Waals surface area contributed by atoms with Crippen molar-refractivity contribution >= 4 is 17.5 Å². The van der Waals surface area contributed by atoms with Gasteiger partial charge in [0.1, 0.15) is 6.54 Å². The largest absolute Gasteiger partial charge is 0.354 e. The van der Waals surface area contributed by atoms with Crippen LogP contribution in [0.3, 0.4) is 0 Å². The molecule has 144 valence electrons. The Bertz CT molecular complexity index is 1040. The third kappa shape index (κ3) is 5.08. The number of hydrogen-bond acceptors (Lipinski definition) is 3. The van der Waals surface area contributed by atoms with Gasteiger partial charge in [-0.25, -0.2) is 4.68 Å². The van der Waals surface area contributed by atoms with Crippen molar-refractivity contribution in [3.63, 3.8) is 0 Å². The Kier molecular flexibility index (Phi) is 6.26. The second-order valence-electron chi connectivity index (χ2n) is 6.74. The minimum atomic E-state index is -0.305. The number of benzene rings is 2. The number of nitrogens with one attached hydrogen (secondary N) is 1. The normalized spacial score (nSPS) is 10.7. The quantitative estimate of drug-likeness (QED) is 0.694. The number of aromatic nitrogens is 2. The molecule has 3 aromatic rings. The van der Waals surface area contributed by atoms with Crippen molar-refractivity contribution in [2.24, 2.45) is 0 Å². The van der Waals surface area contributed by atoms with Crippen LogP contribution in [0.1, 0.15) is 16.7 Å². The first-order valence-corrected chi connectivity index (χ1v) is 9.47. The summed E-state index contributed by atoms with van der Waals surface area (Å²) in [6.07, 6.45) is 0.688. The molecule has 3 rings (SSSR count). The van der Waals surface area contributed by atoms with Gasteiger partial charge in [-0.15, -0.1) is 0 Å². The first-order chi connectivity index (χ1) is 13.4. The zero-order valence-electron chi connectivity index (χ0n) is 15.9. The van der Waals surface area contributed by atoms with Crippen LogP contribution in [0.2, 0.25) is 5.02 Å². The van der Waals surface area contributed by atoms with Crippen molar-refractivity contribution in [2.45, 2.75) is 26.8 Å². The van der Waals surface area contributed by atoms with Crippen LogP contribution in [0.4, 0.5) is 0 Å². The molecule has 5 nitrogen and oxygen atoms in total. The molecular formula is C22H22ClN3O2. The van der Waals surface area contributed by atoms with E-state index in [1.807, 2.05) is 56.3 Å². The number of carbonyl (C=O) groups excluding carboxylic acids is 1. The maximum absolute atomic E-state index is 12.2. The fraction of sp³-hybridized carbons (Fsp3) is 0.227. The van der Waals surface area contributed by atoms with Gasteiger partial charge in [0.25, 0.3) is 5.56 Å². The lowest BCUT2D eigenvalue weighted by Crippen LogP contribution is -2.34. The van der Waals surface area contributed by atoms with Crippen LogP contribution >= 0.6 is 11.6 Å². The van der Waals surface area contributed by atoms with Crippen molar-refractivity contribution in [2.75, 3.05) is 6.54 Å². The van der Waals surface area contributed by atoms with Gasteiger partial charge < -0.3 is 5.32 Å². The van der Waals surface area contributed by atoms with E-state index in [0.29, 0.717) is 23.7 Å². The predicted octanol–water partition coefficient (Wildman–Crippen LogP) is 3.54. The van der Waals surface area contributed by atoms with Crippen LogP contribution in [0.25, 0.3) is 11.3 Å². The predicted molar refractivity (Wildman–Crippen MR) is 112 cm³/mol. The summed E-state index contributed by atoms with van der Waals surface area (Å²) in [6.45, 7) is 4.44. The van der Waals surface area contributed by atoms with Crippen LogP contribution in [0.15, 0.2) is 59.4 Å². The molecule has 0 bridgehead atoms. The summed E-state index contributed by atoms with van der Waals surface area (Å²) in [4.78, 5) is 24.3. The summed E-state index contributed by atoms with van der Waals surface area (Å²) in [5.74, 6) is -0.249. The molecule has 6 heteroatoms. The number of halogens is 1. The van der Waals surface area contributed by atoms with Crippen LogP contribution in [0.5, 0.6) is 0 Å². The second-order valence-corrected chi connectivity index (χ2v) is 7.18. The Labute approximate surface area is 169 Å². The molecule has 0 aliphatic rings. The summed E-state index contributed by atoms with van der Waals surface area (Å²) in [5, 5.41) is 7.87. The number of nitrogens with zero attached hydrogens (tertiary/aromatic N) is 2. The Hall–Kier alpha value is -2.92. The lowest BCUT2D eigenvalue weighted by molar-refractivity contribution is -0.121. The van der Waals surface area contributed by atoms with Crippen LogP contribution in [0, 0.1) is 13.8 Å². The third-order valence-corrected chi connectivity index (χ3v) is 4.86. The highest BCUT2D eigenvalue weighted by Crippen LogP contribution is 2.19. The molecule has 0 spiro atoms. The minimum absolute atomic E-state index is 0.113. The van der Waals surface area contributed by atoms with Crippen molar-refractivity contribution in [1.82, 2.24) is 15.1 Å². The van der Waals surface area contributed by atoms with E-state index in [9.17, 15) is 9.59 Å². The highest BCUT2D eigenvalue weighted by Gasteiger charge is 2.08. The number of amides is 1. The zero-order chi connectivity index (χ0) is 20.1. The minimum Gasteiger partial charge on any atom is -0.354 e. The number of hydrogen-bond donors (Lipinski definition) is 1. The Morgan fingerprint density at radius 3 is 2.50 bits per heavy atom. The van der Waals surface area contributed by atoms with Gasteiger partial charge in [0.15, 0.2) is 0 Å². The molecule has 0 saturated carbocycles. The molecule has 0 radical (unpaired) electrons. The third-order valence-electron chi connectivity index (χ3n) is 4.61. The Morgan fingerprint density at radius 1 is 1.04 bits per heavy atom. The molecule has 1 amide bonds. The van der Waals surface area contributed by atoms with Crippen LogP contribution < -0.4 is 10.9 Å².